The van der Waals surface area contributed by atoms with Gasteiger partial charge in [-0.15, -0.1) is 11.3 Å². The summed E-state index contributed by atoms with van der Waals surface area (Å²) in [6.07, 6.45) is 5.48. The minimum Gasteiger partial charge on any atom is -0.354 e. The Morgan fingerprint density at radius 1 is 1.36 bits per heavy atom. The molecule has 128 valence electrons. The second kappa shape index (κ2) is 8.47. The molecule has 0 aromatic carbocycles. The topological polar surface area (TPSA) is 54.5 Å². The Labute approximate surface area is 151 Å². The lowest BCUT2D eigenvalue weighted by molar-refractivity contribution is 0.106. The van der Waals surface area contributed by atoms with E-state index in [0.29, 0.717) is 4.88 Å². The zero-order valence-corrected chi connectivity index (χ0v) is 14.8. The fraction of sp³-hybridized carbons (Fsp3) is 0.263. The monoisotopic (exact) mass is 353 g/mol. The van der Waals surface area contributed by atoms with Gasteiger partial charge in [0.1, 0.15) is 5.69 Å². The number of carbonyl (C=O) groups excluding carboxylic acids is 1. The fourth-order valence-corrected chi connectivity index (χ4v) is 3.28. The van der Waals surface area contributed by atoms with Crippen molar-refractivity contribution in [1.82, 2.24) is 4.98 Å². The molecule has 6 heteroatoms. The second-order valence-electron chi connectivity index (χ2n) is 5.55. The third-order valence-electron chi connectivity index (χ3n) is 3.91. The number of carbonyl (C=O) groups is 1. The van der Waals surface area contributed by atoms with Crippen molar-refractivity contribution in [2.45, 2.75) is 12.8 Å². The molecule has 0 aliphatic carbocycles. The Morgan fingerprint density at radius 2 is 2.20 bits per heavy atom. The highest BCUT2D eigenvalue weighted by atomic mass is 32.1. The first-order chi connectivity index (χ1) is 12.3. The highest BCUT2D eigenvalue weighted by Gasteiger charge is 2.17. The Hall–Kier alpha value is -2.62. The molecule has 0 radical (unpaired) electrons. The molecular formula is C19H19N3O2S. The molecule has 25 heavy (non-hydrogen) atoms. The van der Waals surface area contributed by atoms with Crippen LogP contribution in [0.25, 0.3) is 0 Å². The number of Topliss-reactive ketones (excluding diaryl/α,β-unsaturated/α-hetero) is 1. The van der Waals surface area contributed by atoms with Crippen molar-refractivity contribution in [3.05, 3.63) is 52.4 Å². The minimum absolute atomic E-state index is 0.118. The quantitative estimate of drug-likeness (QED) is 0.394. The van der Waals surface area contributed by atoms with Crippen molar-refractivity contribution in [2.24, 2.45) is 0 Å². The first-order valence-corrected chi connectivity index (χ1v) is 8.92. The third kappa shape index (κ3) is 4.47. The van der Waals surface area contributed by atoms with E-state index in [1.165, 1.54) is 16.9 Å². The zero-order chi connectivity index (χ0) is 17.5. The largest absolute Gasteiger partial charge is 0.354 e. The van der Waals surface area contributed by atoms with Crippen molar-refractivity contribution in [1.29, 1.82) is 0 Å². The lowest BCUT2D eigenvalue weighted by Gasteiger charge is -2.30. The van der Waals surface area contributed by atoms with Gasteiger partial charge in [0, 0.05) is 19.3 Å². The Kier molecular flexibility index (Phi) is 5.83. The molecule has 1 aliphatic rings. The molecule has 1 aliphatic heterocycles. The van der Waals surface area contributed by atoms with Crippen molar-refractivity contribution in [3.8, 4) is 11.8 Å². The second-order valence-corrected chi connectivity index (χ2v) is 6.49. The summed E-state index contributed by atoms with van der Waals surface area (Å²) in [6.45, 7) is 1.73. The molecule has 3 heterocycles. The summed E-state index contributed by atoms with van der Waals surface area (Å²) in [4.78, 5) is 24.2. The normalized spacial score (nSPS) is 13.8. The Morgan fingerprint density at radius 3 is 2.92 bits per heavy atom. The summed E-state index contributed by atoms with van der Waals surface area (Å²) < 4.78 is 0. The van der Waals surface area contributed by atoms with E-state index in [1.807, 2.05) is 29.7 Å². The van der Waals surface area contributed by atoms with Crippen LogP contribution >= 0.6 is 11.3 Å². The van der Waals surface area contributed by atoms with E-state index in [9.17, 15) is 4.79 Å². The number of piperidine rings is 1. The van der Waals surface area contributed by atoms with Gasteiger partial charge in [-0.25, -0.2) is 4.98 Å². The summed E-state index contributed by atoms with van der Waals surface area (Å²) in [7, 11) is 1.59. The number of rotatable bonds is 4. The highest BCUT2D eigenvalue weighted by molar-refractivity contribution is 7.12. The van der Waals surface area contributed by atoms with Crippen LogP contribution in [0.4, 0.5) is 11.5 Å². The first kappa shape index (κ1) is 17.2. The predicted octanol–water partition coefficient (Wildman–Crippen LogP) is 3.53. The molecule has 0 unspecified atom stereocenters. The maximum Gasteiger partial charge on any atom is 0.246 e. The molecule has 1 N–H and O–H groups in total. The van der Waals surface area contributed by atoms with Gasteiger partial charge < -0.3 is 4.90 Å². The Bertz CT molecular complexity index is 809. The molecule has 0 amide bonds. The summed E-state index contributed by atoms with van der Waals surface area (Å²) in [5.74, 6) is 6.38. The number of ketones is 1. The molecule has 0 atom stereocenters. The molecule has 2 aromatic heterocycles. The van der Waals surface area contributed by atoms with Gasteiger partial charge in [0.15, 0.2) is 5.82 Å². The molecule has 0 spiro atoms. The third-order valence-corrected chi connectivity index (χ3v) is 4.78. The SMILES string of the molecule is CONc1cccnc1N1CCC(=CC#CC(=O)c2cccs2)CC1. The van der Waals surface area contributed by atoms with Crippen LogP contribution in [-0.2, 0) is 4.84 Å². The number of hydrogen-bond donors (Lipinski definition) is 1. The van der Waals surface area contributed by atoms with Crippen molar-refractivity contribution >= 4 is 28.6 Å². The van der Waals surface area contributed by atoms with Gasteiger partial charge in [-0.3, -0.25) is 15.1 Å². The van der Waals surface area contributed by atoms with Gasteiger partial charge in [0.05, 0.1) is 12.0 Å². The van der Waals surface area contributed by atoms with Crippen molar-refractivity contribution in [2.75, 3.05) is 30.6 Å². The van der Waals surface area contributed by atoms with E-state index in [0.717, 1.165) is 37.4 Å². The van der Waals surface area contributed by atoms with Crippen LogP contribution in [0.5, 0.6) is 0 Å². The van der Waals surface area contributed by atoms with Crippen LogP contribution in [0.15, 0.2) is 47.5 Å². The summed E-state index contributed by atoms with van der Waals surface area (Å²) in [6, 6.07) is 7.48. The lowest BCUT2D eigenvalue weighted by atomic mass is 10.0. The molecule has 1 fully saturated rings. The van der Waals surface area contributed by atoms with E-state index >= 15 is 0 Å². The molecule has 1 saturated heterocycles. The number of pyridine rings is 1. The van der Waals surface area contributed by atoms with Crippen LogP contribution in [-0.4, -0.2) is 31.0 Å². The van der Waals surface area contributed by atoms with E-state index in [2.05, 4.69) is 27.2 Å². The number of anilines is 2. The smallest absolute Gasteiger partial charge is 0.246 e. The van der Waals surface area contributed by atoms with E-state index in [1.54, 1.807) is 19.4 Å². The van der Waals surface area contributed by atoms with Crippen LogP contribution in [0.1, 0.15) is 22.5 Å². The number of nitrogens with one attached hydrogen (secondary N) is 1. The number of hydrogen-bond acceptors (Lipinski definition) is 6. The molecule has 5 nitrogen and oxygen atoms in total. The van der Waals surface area contributed by atoms with Crippen LogP contribution in [0, 0.1) is 11.8 Å². The molecular weight excluding hydrogens is 334 g/mol. The standard InChI is InChI=1S/C19H19N3O2S/c1-24-21-16-6-3-11-20-19(16)22-12-9-15(10-13-22)5-2-7-17(23)18-8-4-14-25-18/h3-6,8,11,14,21H,9-10,12-13H2,1H3. The fourth-order valence-electron chi connectivity index (χ4n) is 2.66. The lowest BCUT2D eigenvalue weighted by Crippen LogP contribution is -2.31. The number of thiophene rings is 1. The average molecular weight is 353 g/mol. The maximum absolute atomic E-state index is 11.9. The van der Waals surface area contributed by atoms with Crippen molar-refractivity contribution in [3.63, 3.8) is 0 Å². The molecule has 2 aromatic rings. The van der Waals surface area contributed by atoms with E-state index < -0.39 is 0 Å². The maximum atomic E-state index is 11.9. The van der Waals surface area contributed by atoms with E-state index in [-0.39, 0.29) is 5.78 Å². The average Bonchev–Trinajstić information content (AvgIpc) is 3.18. The summed E-state index contributed by atoms with van der Waals surface area (Å²) >= 11 is 1.42. The predicted molar refractivity (Wildman–Crippen MR) is 101 cm³/mol. The molecule has 3 rings (SSSR count). The van der Waals surface area contributed by atoms with Gasteiger partial charge in [0.2, 0.25) is 5.78 Å². The van der Waals surface area contributed by atoms with Gasteiger partial charge in [0.25, 0.3) is 0 Å². The summed E-state index contributed by atoms with van der Waals surface area (Å²) in [5, 5.41) is 1.88. The van der Waals surface area contributed by atoms with Crippen molar-refractivity contribution < 1.29 is 9.63 Å². The van der Waals surface area contributed by atoms with Gasteiger partial charge in [-0.05, 0) is 48.4 Å². The van der Waals surface area contributed by atoms with Crippen LogP contribution in [0.2, 0.25) is 0 Å². The minimum atomic E-state index is -0.118. The van der Waals surface area contributed by atoms with Gasteiger partial charge >= 0.3 is 0 Å². The molecule has 0 saturated carbocycles. The van der Waals surface area contributed by atoms with E-state index in [4.69, 9.17) is 4.84 Å². The molecule has 0 bridgehead atoms. The van der Waals surface area contributed by atoms with Gasteiger partial charge in [-0.2, -0.15) is 0 Å². The first-order valence-electron chi connectivity index (χ1n) is 8.04. The Balaban J connectivity index is 1.60. The zero-order valence-electron chi connectivity index (χ0n) is 14.0. The van der Waals surface area contributed by atoms with Gasteiger partial charge in [-0.1, -0.05) is 17.6 Å². The highest BCUT2D eigenvalue weighted by Crippen LogP contribution is 2.27. The number of allylic oxidation sites excluding steroid dienone is 1. The number of aromatic nitrogens is 1. The van der Waals surface area contributed by atoms with Crippen LogP contribution < -0.4 is 10.4 Å². The number of nitrogens with zero attached hydrogens (tertiary/aromatic N) is 2. The summed E-state index contributed by atoms with van der Waals surface area (Å²) in [5.41, 5.74) is 4.99. The van der Waals surface area contributed by atoms with Crippen LogP contribution in [0.3, 0.4) is 0 Å².